The largest absolute Gasteiger partial charge is 0.423 e. The minimum Gasteiger partial charge on any atom is -0.289 e. The molecule has 0 fully saturated rings. The van der Waals surface area contributed by atoms with Crippen molar-refractivity contribution in [2.75, 3.05) is 0 Å². The second-order valence-electron chi connectivity index (χ2n) is 5.59. The lowest BCUT2D eigenvalue weighted by atomic mass is 9.79. The van der Waals surface area contributed by atoms with Crippen LogP contribution in [-0.2, 0) is 0 Å². The summed E-state index contributed by atoms with van der Waals surface area (Å²) in [5.41, 5.74) is -6.42. The second-order valence-corrected chi connectivity index (χ2v) is 5.59. The van der Waals surface area contributed by atoms with E-state index in [9.17, 15) is 45.7 Å². The first-order valence-electron chi connectivity index (χ1n) is 7.36. The number of nitrogens with zero attached hydrogens (tertiary/aromatic N) is 5. The molecular formula is C16H5N5O7. The predicted molar refractivity (Wildman–Crippen MR) is 86.8 cm³/mol. The number of nitro groups is 3. The van der Waals surface area contributed by atoms with Crippen molar-refractivity contribution in [1.82, 2.24) is 0 Å². The Morgan fingerprint density at radius 3 is 1.93 bits per heavy atom. The summed E-state index contributed by atoms with van der Waals surface area (Å²) in [4.78, 5) is 43.6. The third-order valence-corrected chi connectivity index (χ3v) is 4.34. The maximum atomic E-state index is 12.8. The van der Waals surface area contributed by atoms with Gasteiger partial charge >= 0.3 is 17.1 Å². The van der Waals surface area contributed by atoms with Gasteiger partial charge in [0, 0.05) is 5.56 Å². The zero-order valence-corrected chi connectivity index (χ0v) is 13.5. The van der Waals surface area contributed by atoms with Crippen molar-refractivity contribution in [3.63, 3.8) is 0 Å². The molecule has 1 aromatic rings. The van der Waals surface area contributed by atoms with Crippen LogP contribution in [0.5, 0.6) is 0 Å². The number of Topliss-reactive ketones (excluding diaryl/α,β-unsaturated/α-hetero) is 1. The zero-order valence-electron chi connectivity index (χ0n) is 13.5. The molecule has 12 heteroatoms. The number of allylic oxidation sites excluding steroid dienone is 3. The highest BCUT2D eigenvalue weighted by Gasteiger charge is 2.58. The van der Waals surface area contributed by atoms with E-state index in [-0.39, 0.29) is 11.1 Å². The number of benzene rings is 1. The van der Waals surface area contributed by atoms with Crippen LogP contribution in [0.4, 0.5) is 0 Å². The highest BCUT2D eigenvalue weighted by molar-refractivity contribution is 6.16. The standard InChI is InChI=1S/C16H5N5O7/c17-5-7(6-18)10-11-8-3-1-2-4-9(8)16(22)12(11)14(20(25)26)15(21(27)28)13(10)19(23)24/h1-4,11H. The Hall–Kier alpha value is -4.71. The first kappa shape index (κ1) is 18.1. The Morgan fingerprint density at radius 2 is 1.43 bits per heavy atom. The SMILES string of the molecule is N#CC(C#N)=C1C([N+](=O)[O-])=C([N+](=O)[O-])C([N+](=O)[O-])=C2C(=O)c3ccccc3C12. The molecule has 3 rings (SSSR count). The van der Waals surface area contributed by atoms with Crippen LogP contribution in [0.3, 0.4) is 0 Å². The molecule has 1 aromatic carbocycles. The molecule has 0 aliphatic heterocycles. The van der Waals surface area contributed by atoms with Gasteiger partial charge in [0.1, 0.15) is 17.7 Å². The van der Waals surface area contributed by atoms with E-state index in [0.717, 1.165) is 0 Å². The van der Waals surface area contributed by atoms with Crippen LogP contribution in [-0.4, -0.2) is 20.6 Å². The van der Waals surface area contributed by atoms with Crippen molar-refractivity contribution < 1.29 is 19.6 Å². The Bertz CT molecular complexity index is 1180. The van der Waals surface area contributed by atoms with Crippen LogP contribution in [0, 0.1) is 53.0 Å². The number of hydrogen-bond donors (Lipinski definition) is 0. The summed E-state index contributed by atoms with van der Waals surface area (Å²) in [6, 6.07) is 8.39. The third kappa shape index (κ3) is 2.26. The highest BCUT2D eigenvalue weighted by atomic mass is 16.6. The Kier molecular flexibility index (Phi) is 4.02. The fourth-order valence-electron chi connectivity index (χ4n) is 3.39. The fourth-order valence-corrected chi connectivity index (χ4v) is 3.39. The number of carbonyl (C=O) groups is 1. The van der Waals surface area contributed by atoms with Gasteiger partial charge in [0.2, 0.25) is 0 Å². The summed E-state index contributed by atoms with van der Waals surface area (Å²) in [7, 11) is 0. The summed E-state index contributed by atoms with van der Waals surface area (Å²) in [6.07, 6.45) is 0. The van der Waals surface area contributed by atoms with E-state index in [1.807, 2.05) is 0 Å². The lowest BCUT2D eigenvalue weighted by Crippen LogP contribution is -2.28. The van der Waals surface area contributed by atoms with Gasteiger partial charge < -0.3 is 0 Å². The van der Waals surface area contributed by atoms with Gasteiger partial charge in [-0.1, -0.05) is 24.3 Å². The predicted octanol–water partition coefficient (Wildman–Crippen LogP) is 1.62. The summed E-state index contributed by atoms with van der Waals surface area (Å²) < 4.78 is 0. The summed E-state index contributed by atoms with van der Waals surface area (Å²) in [5, 5.41) is 53.2. The average molecular weight is 379 g/mol. The highest BCUT2D eigenvalue weighted by Crippen LogP contribution is 2.51. The van der Waals surface area contributed by atoms with Crippen LogP contribution in [0.25, 0.3) is 0 Å². The number of carbonyl (C=O) groups excluding carboxylic acids is 1. The maximum Gasteiger partial charge on any atom is 0.423 e. The molecule has 12 nitrogen and oxygen atoms in total. The number of hydrogen-bond acceptors (Lipinski definition) is 9. The molecule has 0 N–H and O–H groups in total. The molecule has 1 unspecified atom stereocenters. The molecule has 0 bridgehead atoms. The van der Waals surface area contributed by atoms with E-state index in [1.165, 1.54) is 36.4 Å². The molecule has 0 heterocycles. The van der Waals surface area contributed by atoms with E-state index in [1.54, 1.807) is 0 Å². The summed E-state index contributed by atoms with van der Waals surface area (Å²) >= 11 is 0. The van der Waals surface area contributed by atoms with Gasteiger partial charge in [-0.05, 0) is 5.56 Å². The van der Waals surface area contributed by atoms with Gasteiger partial charge in [-0.3, -0.25) is 35.1 Å². The molecule has 28 heavy (non-hydrogen) atoms. The van der Waals surface area contributed by atoms with Gasteiger partial charge in [-0.15, -0.1) is 0 Å². The maximum absolute atomic E-state index is 12.8. The van der Waals surface area contributed by atoms with E-state index in [0.29, 0.717) is 0 Å². The lowest BCUT2D eigenvalue weighted by molar-refractivity contribution is -0.501. The molecule has 0 amide bonds. The first-order chi connectivity index (χ1) is 13.3. The van der Waals surface area contributed by atoms with E-state index >= 15 is 0 Å². The monoisotopic (exact) mass is 379 g/mol. The van der Waals surface area contributed by atoms with Crippen LogP contribution in [0.15, 0.2) is 58.1 Å². The van der Waals surface area contributed by atoms with E-state index in [2.05, 4.69) is 0 Å². The van der Waals surface area contributed by atoms with Gasteiger partial charge in [0.15, 0.2) is 5.78 Å². The molecule has 0 spiro atoms. The van der Waals surface area contributed by atoms with Crippen molar-refractivity contribution in [3.8, 4) is 12.1 Å². The number of rotatable bonds is 3. The summed E-state index contributed by atoms with van der Waals surface area (Å²) in [6.45, 7) is 0. The zero-order chi connectivity index (χ0) is 20.7. The second kappa shape index (κ2) is 6.22. The van der Waals surface area contributed by atoms with Crippen molar-refractivity contribution in [2.45, 2.75) is 5.92 Å². The molecule has 0 radical (unpaired) electrons. The quantitative estimate of drug-likeness (QED) is 0.426. The van der Waals surface area contributed by atoms with Gasteiger partial charge in [0.25, 0.3) is 0 Å². The van der Waals surface area contributed by atoms with E-state index < -0.39 is 60.3 Å². The topological polar surface area (TPSA) is 194 Å². The number of fused-ring (bicyclic) bond motifs is 3. The first-order valence-corrected chi connectivity index (χ1v) is 7.36. The Balaban J connectivity index is 2.63. The molecule has 2 aliphatic rings. The van der Waals surface area contributed by atoms with Crippen LogP contribution >= 0.6 is 0 Å². The average Bonchev–Trinajstić information content (AvgIpc) is 2.94. The van der Waals surface area contributed by atoms with Gasteiger partial charge in [-0.25, -0.2) is 0 Å². The molecule has 2 aliphatic carbocycles. The van der Waals surface area contributed by atoms with Crippen LogP contribution < -0.4 is 0 Å². The minimum atomic E-state index is -1.54. The van der Waals surface area contributed by atoms with Crippen molar-refractivity contribution in [3.05, 3.63) is 99.5 Å². The Morgan fingerprint density at radius 1 is 0.893 bits per heavy atom. The van der Waals surface area contributed by atoms with Crippen LogP contribution in [0.1, 0.15) is 21.8 Å². The molecule has 0 saturated heterocycles. The molecule has 136 valence electrons. The Labute approximate surface area is 154 Å². The third-order valence-electron chi connectivity index (χ3n) is 4.34. The lowest BCUT2D eigenvalue weighted by Gasteiger charge is -2.19. The van der Waals surface area contributed by atoms with E-state index in [4.69, 9.17) is 0 Å². The summed E-state index contributed by atoms with van der Waals surface area (Å²) in [5.74, 6) is -2.44. The fraction of sp³-hybridized carbons (Fsp3) is 0.0625. The minimum absolute atomic E-state index is 0.0538. The number of nitriles is 2. The molecular weight excluding hydrogens is 374 g/mol. The van der Waals surface area contributed by atoms with Gasteiger partial charge in [0.05, 0.1) is 31.8 Å². The normalized spacial score (nSPS) is 17.4. The van der Waals surface area contributed by atoms with Gasteiger partial charge in [-0.2, -0.15) is 10.5 Å². The van der Waals surface area contributed by atoms with Crippen molar-refractivity contribution in [1.29, 1.82) is 10.5 Å². The van der Waals surface area contributed by atoms with Crippen molar-refractivity contribution in [2.24, 2.45) is 0 Å². The molecule has 1 atom stereocenters. The molecule has 0 saturated carbocycles. The number of ketones is 1. The van der Waals surface area contributed by atoms with Crippen LogP contribution in [0.2, 0.25) is 0 Å². The smallest absolute Gasteiger partial charge is 0.289 e. The molecule has 0 aromatic heterocycles. The van der Waals surface area contributed by atoms with Crippen molar-refractivity contribution >= 4 is 5.78 Å².